The minimum absolute atomic E-state index is 0.0758. The van der Waals surface area contributed by atoms with Crippen molar-refractivity contribution in [2.45, 2.75) is 192 Å². The van der Waals surface area contributed by atoms with Crippen LogP contribution in [-0.4, -0.2) is 72.1 Å². The van der Waals surface area contributed by atoms with Crippen molar-refractivity contribution in [1.29, 1.82) is 0 Å². The number of carbonyl (C=O) groups is 3. The van der Waals surface area contributed by atoms with Gasteiger partial charge in [0.1, 0.15) is 12.6 Å². The van der Waals surface area contributed by atoms with E-state index in [4.69, 9.17) is 29.6 Å². The maximum Gasteiger partial charge on any atom is 0.472 e. The molecular weight excluding hydrogens is 773 g/mol. The van der Waals surface area contributed by atoms with Gasteiger partial charge in [-0.1, -0.05) is 132 Å². The molecule has 0 spiro atoms. The molecule has 1 aliphatic rings. The lowest BCUT2D eigenvalue weighted by Gasteiger charge is -2.20. The Labute approximate surface area is 355 Å². The number of epoxide rings is 1. The van der Waals surface area contributed by atoms with Crippen LogP contribution in [0.3, 0.4) is 0 Å². The normalized spacial score (nSPS) is 17.7. The molecule has 1 saturated heterocycles. The molecule has 13 heteroatoms. The van der Waals surface area contributed by atoms with Crippen molar-refractivity contribution in [1.82, 2.24) is 0 Å². The highest BCUT2D eigenvalue weighted by Crippen LogP contribution is 2.43. The molecule has 3 unspecified atom stereocenters. The lowest BCUT2D eigenvalue weighted by atomic mass is 10.1. The SMILES string of the molecule is CCCCC/C=C\C/C=C\CCCCCCCCCC(=O)OC[C@H](COP(=O)(O)OC[C@H](N)C(=O)O)OC(=O)CCC/C=C\C/C=C\CC1OC1C/C=C\CCCCC. The quantitative estimate of drug-likeness (QED) is 0.0174. The van der Waals surface area contributed by atoms with Gasteiger partial charge in [0.2, 0.25) is 0 Å². The van der Waals surface area contributed by atoms with Gasteiger partial charge >= 0.3 is 25.7 Å². The van der Waals surface area contributed by atoms with Gasteiger partial charge in [0.05, 0.1) is 25.4 Å². The summed E-state index contributed by atoms with van der Waals surface area (Å²) in [7, 11) is -4.74. The Bertz CT molecular complexity index is 1300. The Morgan fingerprint density at radius 1 is 0.610 bits per heavy atom. The second-order valence-corrected chi connectivity index (χ2v) is 16.7. The molecule has 5 atom stereocenters. The summed E-state index contributed by atoms with van der Waals surface area (Å²) in [6.45, 7) is 2.67. The van der Waals surface area contributed by atoms with Crippen molar-refractivity contribution in [3.63, 3.8) is 0 Å². The summed E-state index contributed by atoms with van der Waals surface area (Å²) in [5, 5.41) is 8.90. The molecule has 4 N–H and O–H groups in total. The monoisotopic (exact) mass is 852 g/mol. The van der Waals surface area contributed by atoms with Crippen LogP contribution in [0.5, 0.6) is 0 Å². The minimum Gasteiger partial charge on any atom is -0.480 e. The third-order valence-electron chi connectivity index (χ3n) is 9.64. The Balaban J connectivity index is 2.32. The van der Waals surface area contributed by atoms with Crippen LogP contribution in [0, 0.1) is 0 Å². The first-order valence-electron chi connectivity index (χ1n) is 22.4. The zero-order chi connectivity index (χ0) is 43.2. The van der Waals surface area contributed by atoms with Crippen LogP contribution >= 0.6 is 7.82 Å². The molecule has 0 aromatic rings. The van der Waals surface area contributed by atoms with Crippen LogP contribution in [0.25, 0.3) is 0 Å². The lowest BCUT2D eigenvalue weighted by molar-refractivity contribution is -0.161. The third kappa shape index (κ3) is 34.5. The number of phosphoric ester groups is 1. The number of hydrogen-bond donors (Lipinski definition) is 3. The zero-order valence-electron chi connectivity index (χ0n) is 36.3. The fourth-order valence-electron chi connectivity index (χ4n) is 5.95. The first-order valence-corrected chi connectivity index (χ1v) is 23.9. The molecule has 0 bridgehead atoms. The second-order valence-electron chi connectivity index (χ2n) is 15.2. The maximum atomic E-state index is 12.6. The Kier molecular flexibility index (Phi) is 33.9. The van der Waals surface area contributed by atoms with Gasteiger partial charge in [-0.2, -0.15) is 0 Å². The standard InChI is InChI=1S/C46H78NO11P/c1-3-5-7-9-11-12-13-14-15-16-17-18-19-20-23-27-31-35-44(48)54-37-40(38-55-59(52,53)56-39-41(47)46(50)51)57-45(49)36-32-28-24-21-22-26-30-34-43-42(58-43)33-29-25-10-8-6-4-2/h11-12,14-15,21,24-26,29-30,40-43H,3-10,13,16-20,22-23,27-28,31-39,47H2,1-2H3,(H,50,51)(H,52,53)/b12-11-,15-14-,24-21-,29-25-,30-26-/t40-,41+,42?,43?/m1/s1. The highest BCUT2D eigenvalue weighted by molar-refractivity contribution is 7.47. The van der Waals surface area contributed by atoms with E-state index in [0.717, 1.165) is 64.2 Å². The van der Waals surface area contributed by atoms with E-state index in [0.29, 0.717) is 31.5 Å². The van der Waals surface area contributed by atoms with E-state index in [1.807, 2.05) is 12.2 Å². The van der Waals surface area contributed by atoms with Gasteiger partial charge in [-0.3, -0.25) is 23.4 Å². The number of allylic oxidation sites excluding steroid dienone is 8. The van der Waals surface area contributed by atoms with Gasteiger partial charge in [0, 0.05) is 12.8 Å². The van der Waals surface area contributed by atoms with E-state index in [1.54, 1.807) is 0 Å². The summed E-state index contributed by atoms with van der Waals surface area (Å²) in [6.07, 6.45) is 44.6. The zero-order valence-corrected chi connectivity index (χ0v) is 37.2. The fourth-order valence-corrected chi connectivity index (χ4v) is 6.73. The molecule has 59 heavy (non-hydrogen) atoms. The fraction of sp³-hybridized carbons (Fsp3) is 0.717. The lowest BCUT2D eigenvalue weighted by Crippen LogP contribution is -2.34. The summed E-state index contributed by atoms with van der Waals surface area (Å²) in [5.41, 5.74) is 5.33. The van der Waals surface area contributed by atoms with E-state index in [2.05, 4.69) is 67.0 Å². The predicted octanol–water partition coefficient (Wildman–Crippen LogP) is 10.9. The van der Waals surface area contributed by atoms with Gasteiger partial charge in [0.25, 0.3) is 0 Å². The predicted molar refractivity (Wildman–Crippen MR) is 235 cm³/mol. The summed E-state index contributed by atoms with van der Waals surface area (Å²) in [4.78, 5) is 46.0. The van der Waals surface area contributed by atoms with Gasteiger partial charge in [-0.25, -0.2) is 4.57 Å². The summed E-state index contributed by atoms with van der Waals surface area (Å²) in [6, 6.07) is -1.54. The largest absolute Gasteiger partial charge is 0.480 e. The van der Waals surface area contributed by atoms with Crippen molar-refractivity contribution in [3.8, 4) is 0 Å². The highest BCUT2D eigenvalue weighted by Gasteiger charge is 2.36. The molecule has 0 amide bonds. The maximum absolute atomic E-state index is 12.6. The number of phosphoric acid groups is 1. The number of carboxylic acids is 1. The molecule has 1 aliphatic heterocycles. The van der Waals surface area contributed by atoms with Gasteiger partial charge < -0.3 is 29.9 Å². The van der Waals surface area contributed by atoms with Crippen LogP contribution < -0.4 is 5.73 Å². The van der Waals surface area contributed by atoms with E-state index in [1.165, 1.54) is 57.8 Å². The molecule has 0 aliphatic carbocycles. The minimum atomic E-state index is -4.74. The summed E-state index contributed by atoms with van der Waals surface area (Å²) in [5.74, 6) is -2.47. The van der Waals surface area contributed by atoms with Gasteiger partial charge in [-0.05, 0) is 83.5 Å². The summed E-state index contributed by atoms with van der Waals surface area (Å²) >= 11 is 0. The molecule has 1 heterocycles. The van der Waals surface area contributed by atoms with Crippen LogP contribution in [0.4, 0.5) is 0 Å². The van der Waals surface area contributed by atoms with Crippen LogP contribution in [-0.2, 0) is 42.2 Å². The van der Waals surface area contributed by atoms with Crippen molar-refractivity contribution >= 4 is 25.7 Å². The number of unbranched alkanes of at least 4 members (excludes halogenated alkanes) is 14. The number of nitrogens with two attached hydrogens (primary N) is 1. The third-order valence-corrected chi connectivity index (χ3v) is 10.6. The highest BCUT2D eigenvalue weighted by atomic mass is 31.2. The molecular formula is C46H78NO11P. The van der Waals surface area contributed by atoms with Crippen LogP contribution in [0.15, 0.2) is 60.8 Å². The molecule has 1 fully saturated rings. The van der Waals surface area contributed by atoms with E-state index >= 15 is 0 Å². The number of rotatable bonds is 40. The van der Waals surface area contributed by atoms with Gasteiger partial charge in [0.15, 0.2) is 6.10 Å². The van der Waals surface area contributed by atoms with Gasteiger partial charge in [-0.15, -0.1) is 0 Å². The number of hydrogen-bond acceptors (Lipinski definition) is 10. The smallest absolute Gasteiger partial charge is 0.472 e. The van der Waals surface area contributed by atoms with Crippen molar-refractivity contribution in [2.75, 3.05) is 19.8 Å². The first kappa shape index (κ1) is 54.2. The van der Waals surface area contributed by atoms with Crippen LogP contribution in [0.2, 0.25) is 0 Å². The molecule has 0 radical (unpaired) electrons. The molecule has 12 nitrogen and oxygen atoms in total. The molecule has 0 aromatic carbocycles. The van der Waals surface area contributed by atoms with E-state index in [9.17, 15) is 23.8 Å². The van der Waals surface area contributed by atoms with Crippen LogP contribution in [0.1, 0.15) is 168 Å². The molecule has 0 saturated carbocycles. The molecule has 338 valence electrons. The summed E-state index contributed by atoms with van der Waals surface area (Å²) < 4.78 is 38.4. The van der Waals surface area contributed by atoms with Crippen molar-refractivity contribution < 1.29 is 52.2 Å². The number of ether oxygens (including phenoxy) is 3. The van der Waals surface area contributed by atoms with Crippen molar-refractivity contribution in [3.05, 3.63) is 60.8 Å². The number of carbonyl (C=O) groups excluding carboxylic acids is 2. The second kappa shape index (κ2) is 36.9. The molecule has 1 rings (SSSR count). The topological polar surface area (TPSA) is 184 Å². The Morgan fingerprint density at radius 2 is 1.07 bits per heavy atom. The van der Waals surface area contributed by atoms with E-state index < -0.39 is 51.1 Å². The Hall–Kier alpha value is -2.86. The number of esters is 2. The van der Waals surface area contributed by atoms with Crippen molar-refractivity contribution in [2.24, 2.45) is 5.73 Å². The number of aliphatic carboxylic acids is 1. The molecule has 0 aromatic heterocycles. The average molecular weight is 852 g/mol. The first-order chi connectivity index (χ1) is 28.6. The average Bonchev–Trinajstić information content (AvgIpc) is 3.97. The Morgan fingerprint density at radius 3 is 1.64 bits per heavy atom. The van der Waals surface area contributed by atoms with E-state index in [-0.39, 0.29) is 19.4 Å². The number of carboxylic acid groups (broad SMARTS) is 1.